The predicted octanol–water partition coefficient (Wildman–Crippen LogP) is 4.88. The van der Waals surface area contributed by atoms with Crippen LogP contribution in [0.4, 0.5) is 11.4 Å². The van der Waals surface area contributed by atoms with Crippen molar-refractivity contribution in [2.24, 2.45) is 0 Å². The van der Waals surface area contributed by atoms with Gasteiger partial charge in [-0.3, -0.25) is 0 Å². The van der Waals surface area contributed by atoms with E-state index in [1.807, 2.05) is 0 Å². The van der Waals surface area contributed by atoms with E-state index >= 15 is 0 Å². The van der Waals surface area contributed by atoms with Crippen LogP contribution < -0.4 is 25.7 Å². The first kappa shape index (κ1) is 26.2. The standard InChI is InChI=1S/C28H30N2O6/c1-2-3-14-33-25-9-11-26(12-10-25)36-27(31)13-6-20-4-7-24(8-5-20)34-15-16-35-28(32)21-17-22(29)19-23(30)18-21/h4-13,17-19H,2-3,14-16,29-30H2,1H3/b13-6+. The number of benzene rings is 3. The number of nitrogen functional groups attached to an aromatic ring is 2. The Morgan fingerprint density at radius 3 is 2.00 bits per heavy atom. The molecule has 0 aliphatic rings. The van der Waals surface area contributed by atoms with Crippen molar-refractivity contribution in [3.05, 3.63) is 83.9 Å². The van der Waals surface area contributed by atoms with E-state index in [-0.39, 0.29) is 18.8 Å². The molecule has 0 saturated carbocycles. The highest BCUT2D eigenvalue weighted by Crippen LogP contribution is 2.19. The predicted molar refractivity (Wildman–Crippen MR) is 139 cm³/mol. The third-order valence-electron chi connectivity index (χ3n) is 4.90. The summed E-state index contributed by atoms with van der Waals surface area (Å²) < 4.78 is 21.7. The molecular weight excluding hydrogens is 460 g/mol. The van der Waals surface area contributed by atoms with Crippen molar-refractivity contribution >= 4 is 29.4 Å². The maximum Gasteiger partial charge on any atom is 0.338 e. The first-order valence-electron chi connectivity index (χ1n) is 11.6. The minimum atomic E-state index is -0.527. The van der Waals surface area contributed by atoms with Crippen LogP contribution in [0.15, 0.2) is 72.8 Å². The van der Waals surface area contributed by atoms with Crippen LogP contribution in [-0.4, -0.2) is 31.8 Å². The summed E-state index contributed by atoms with van der Waals surface area (Å²) >= 11 is 0. The van der Waals surface area contributed by atoms with E-state index in [2.05, 4.69) is 6.92 Å². The van der Waals surface area contributed by atoms with E-state index in [9.17, 15) is 9.59 Å². The van der Waals surface area contributed by atoms with Crippen LogP contribution in [0.1, 0.15) is 35.7 Å². The van der Waals surface area contributed by atoms with Gasteiger partial charge in [0.2, 0.25) is 0 Å². The van der Waals surface area contributed by atoms with Crippen molar-refractivity contribution in [2.75, 3.05) is 31.3 Å². The minimum absolute atomic E-state index is 0.0624. The molecule has 0 aliphatic heterocycles. The molecule has 8 heteroatoms. The molecular formula is C28H30N2O6. The van der Waals surface area contributed by atoms with Crippen LogP contribution >= 0.6 is 0 Å². The molecule has 0 spiro atoms. The monoisotopic (exact) mass is 490 g/mol. The molecule has 0 bridgehead atoms. The Kier molecular flexibility index (Phi) is 9.76. The largest absolute Gasteiger partial charge is 0.494 e. The van der Waals surface area contributed by atoms with Gasteiger partial charge in [-0.15, -0.1) is 0 Å². The third-order valence-corrected chi connectivity index (χ3v) is 4.90. The average Bonchev–Trinajstić information content (AvgIpc) is 2.86. The summed E-state index contributed by atoms with van der Waals surface area (Å²) in [5.41, 5.74) is 13.2. The lowest BCUT2D eigenvalue weighted by molar-refractivity contribution is -0.128. The van der Waals surface area contributed by atoms with Gasteiger partial charge in [-0.2, -0.15) is 0 Å². The summed E-state index contributed by atoms with van der Waals surface area (Å²) in [6.45, 7) is 3.00. The van der Waals surface area contributed by atoms with Crippen molar-refractivity contribution < 1.29 is 28.5 Å². The molecule has 0 unspecified atom stereocenters. The lowest BCUT2D eigenvalue weighted by Crippen LogP contribution is -2.13. The van der Waals surface area contributed by atoms with Crippen LogP contribution in [0.2, 0.25) is 0 Å². The molecule has 0 fully saturated rings. The highest BCUT2D eigenvalue weighted by molar-refractivity contribution is 5.91. The molecule has 4 N–H and O–H groups in total. The normalized spacial score (nSPS) is 10.7. The smallest absolute Gasteiger partial charge is 0.338 e. The van der Waals surface area contributed by atoms with Gasteiger partial charge in [-0.1, -0.05) is 25.5 Å². The van der Waals surface area contributed by atoms with Gasteiger partial charge < -0.3 is 30.4 Å². The number of anilines is 2. The van der Waals surface area contributed by atoms with Gasteiger partial charge >= 0.3 is 11.9 Å². The second-order valence-electron chi connectivity index (χ2n) is 7.87. The maximum absolute atomic E-state index is 12.1. The van der Waals surface area contributed by atoms with Crippen LogP contribution in [-0.2, 0) is 9.53 Å². The number of nitrogens with two attached hydrogens (primary N) is 2. The fourth-order valence-corrected chi connectivity index (χ4v) is 3.10. The topological polar surface area (TPSA) is 123 Å². The molecule has 0 heterocycles. The number of rotatable bonds is 12. The van der Waals surface area contributed by atoms with Gasteiger partial charge in [0, 0.05) is 17.5 Å². The number of ether oxygens (including phenoxy) is 4. The summed E-state index contributed by atoms with van der Waals surface area (Å²) in [4.78, 5) is 24.2. The van der Waals surface area contributed by atoms with Gasteiger partial charge in [0.05, 0.1) is 12.2 Å². The molecule has 36 heavy (non-hydrogen) atoms. The fraction of sp³-hybridized carbons (Fsp3) is 0.214. The lowest BCUT2D eigenvalue weighted by Gasteiger charge is -2.08. The summed E-state index contributed by atoms with van der Waals surface area (Å²) in [6, 6.07) is 18.6. The molecule has 188 valence electrons. The summed E-state index contributed by atoms with van der Waals surface area (Å²) in [5, 5.41) is 0. The van der Waals surface area contributed by atoms with E-state index in [0.717, 1.165) is 24.2 Å². The SMILES string of the molecule is CCCCOc1ccc(OC(=O)/C=C/c2ccc(OCCOC(=O)c3cc(N)cc(N)c3)cc2)cc1. The van der Waals surface area contributed by atoms with Crippen LogP contribution in [0.5, 0.6) is 17.2 Å². The van der Waals surface area contributed by atoms with E-state index < -0.39 is 11.9 Å². The zero-order valence-corrected chi connectivity index (χ0v) is 20.1. The van der Waals surface area contributed by atoms with Crippen molar-refractivity contribution in [1.82, 2.24) is 0 Å². The lowest BCUT2D eigenvalue weighted by atomic mass is 10.2. The Labute approximate surface area is 210 Å². The van der Waals surface area contributed by atoms with Gasteiger partial charge in [0.25, 0.3) is 0 Å². The first-order valence-corrected chi connectivity index (χ1v) is 11.6. The summed E-state index contributed by atoms with van der Waals surface area (Å²) in [6.07, 6.45) is 5.06. The molecule has 0 aromatic heterocycles. The molecule has 3 aromatic rings. The van der Waals surface area contributed by atoms with Gasteiger partial charge in [-0.25, -0.2) is 9.59 Å². The van der Waals surface area contributed by atoms with Crippen molar-refractivity contribution in [3.8, 4) is 17.2 Å². The van der Waals surface area contributed by atoms with Crippen LogP contribution in [0, 0.1) is 0 Å². The minimum Gasteiger partial charge on any atom is -0.494 e. The highest BCUT2D eigenvalue weighted by atomic mass is 16.6. The van der Waals surface area contributed by atoms with Crippen LogP contribution in [0.3, 0.4) is 0 Å². The number of carbonyl (C=O) groups is 2. The molecule has 0 amide bonds. The second kappa shape index (κ2) is 13.4. The fourth-order valence-electron chi connectivity index (χ4n) is 3.10. The number of hydrogen-bond donors (Lipinski definition) is 2. The summed E-state index contributed by atoms with van der Waals surface area (Å²) in [7, 11) is 0. The van der Waals surface area contributed by atoms with Gasteiger partial charge in [0.1, 0.15) is 30.5 Å². The van der Waals surface area contributed by atoms with E-state index in [0.29, 0.717) is 29.5 Å². The first-order chi connectivity index (χ1) is 17.4. The Bertz CT molecular complexity index is 1150. The van der Waals surface area contributed by atoms with E-state index in [1.165, 1.54) is 18.2 Å². The zero-order valence-electron chi connectivity index (χ0n) is 20.1. The Hall–Kier alpha value is -4.46. The zero-order chi connectivity index (χ0) is 25.8. The second-order valence-corrected chi connectivity index (χ2v) is 7.87. The molecule has 0 saturated heterocycles. The average molecular weight is 491 g/mol. The Balaban J connectivity index is 1.39. The molecule has 0 aliphatic carbocycles. The molecule has 3 rings (SSSR count). The number of esters is 2. The van der Waals surface area contributed by atoms with Gasteiger partial charge in [-0.05, 0) is 72.7 Å². The Morgan fingerprint density at radius 2 is 1.36 bits per heavy atom. The third kappa shape index (κ3) is 8.72. The Morgan fingerprint density at radius 1 is 0.778 bits per heavy atom. The number of unbranched alkanes of at least 4 members (excludes halogenated alkanes) is 1. The molecule has 0 atom stereocenters. The highest BCUT2D eigenvalue weighted by Gasteiger charge is 2.09. The van der Waals surface area contributed by atoms with Crippen molar-refractivity contribution in [1.29, 1.82) is 0 Å². The van der Waals surface area contributed by atoms with Crippen molar-refractivity contribution in [3.63, 3.8) is 0 Å². The molecule has 8 nitrogen and oxygen atoms in total. The van der Waals surface area contributed by atoms with Crippen LogP contribution in [0.25, 0.3) is 6.08 Å². The number of carbonyl (C=O) groups excluding carboxylic acids is 2. The van der Waals surface area contributed by atoms with E-state index in [4.69, 9.17) is 30.4 Å². The summed E-state index contributed by atoms with van der Waals surface area (Å²) in [5.74, 6) is 0.766. The quantitative estimate of drug-likeness (QED) is 0.121. The van der Waals surface area contributed by atoms with Gasteiger partial charge in [0.15, 0.2) is 0 Å². The number of hydrogen-bond acceptors (Lipinski definition) is 8. The maximum atomic E-state index is 12.1. The molecule has 0 radical (unpaired) electrons. The molecule has 3 aromatic carbocycles. The van der Waals surface area contributed by atoms with E-state index in [1.54, 1.807) is 60.7 Å². The van der Waals surface area contributed by atoms with Crippen molar-refractivity contribution in [2.45, 2.75) is 19.8 Å².